The van der Waals surface area contributed by atoms with E-state index < -0.39 is 0 Å². The summed E-state index contributed by atoms with van der Waals surface area (Å²) in [6.45, 7) is 6.47. The molecule has 3 aromatic carbocycles. The van der Waals surface area contributed by atoms with Gasteiger partial charge in [-0.3, -0.25) is 4.98 Å². The molecule has 206 valence electrons. The second kappa shape index (κ2) is 11.1. The predicted octanol–water partition coefficient (Wildman–Crippen LogP) is 7.78. The summed E-state index contributed by atoms with van der Waals surface area (Å²) in [6.07, 6.45) is 1.83. The summed E-state index contributed by atoms with van der Waals surface area (Å²) in [7, 11) is 1.65. The van der Waals surface area contributed by atoms with E-state index in [1.54, 1.807) is 7.11 Å². The van der Waals surface area contributed by atoms with Crippen molar-refractivity contribution >= 4 is 23.0 Å². The number of pyridine rings is 1. The summed E-state index contributed by atoms with van der Waals surface area (Å²) in [5.74, 6) is 2.28. The molecule has 1 fully saturated rings. The zero-order chi connectivity index (χ0) is 28.5. The zero-order valence-electron chi connectivity index (χ0n) is 23.5. The smallest absolute Gasteiger partial charge is 0.174 e. The number of benzene rings is 3. The summed E-state index contributed by atoms with van der Waals surface area (Å²) < 4.78 is 13.7. The summed E-state index contributed by atoms with van der Waals surface area (Å²) in [5, 5.41) is 4.24. The minimum Gasteiger partial charge on any atom is -0.497 e. The first-order valence-corrected chi connectivity index (χ1v) is 14.0. The molecule has 1 N–H and O–H groups in total. The maximum Gasteiger partial charge on any atom is 0.174 e. The van der Waals surface area contributed by atoms with Crippen molar-refractivity contribution < 1.29 is 9.47 Å². The first-order valence-electron chi connectivity index (χ1n) is 13.6. The fourth-order valence-electron chi connectivity index (χ4n) is 5.66. The van der Waals surface area contributed by atoms with Crippen LogP contribution in [0.3, 0.4) is 0 Å². The van der Waals surface area contributed by atoms with E-state index >= 15 is 0 Å². The molecular weight excluding hydrogens is 528 g/mol. The van der Waals surface area contributed by atoms with Crippen molar-refractivity contribution in [3.63, 3.8) is 0 Å². The Morgan fingerprint density at radius 1 is 0.780 bits per heavy atom. The van der Waals surface area contributed by atoms with Crippen LogP contribution in [0, 0.1) is 20.8 Å². The second-order valence-corrected chi connectivity index (χ2v) is 10.7. The maximum atomic E-state index is 6.09. The Morgan fingerprint density at radius 2 is 1.49 bits per heavy atom. The number of nitrogens with one attached hydrogen (secondary N) is 1. The predicted molar refractivity (Wildman–Crippen MR) is 167 cm³/mol. The molecule has 0 saturated carbocycles. The van der Waals surface area contributed by atoms with Gasteiger partial charge in [-0.15, -0.1) is 0 Å². The number of ether oxygens (including phenoxy) is 2. The Kier molecular flexibility index (Phi) is 7.20. The number of anilines is 1. The summed E-state index contributed by atoms with van der Waals surface area (Å²) in [4.78, 5) is 6.92. The molecule has 1 saturated heterocycles. The molecule has 2 atom stereocenters. The molecule has 2 aromatic heterocycles. The molecule has 1 aliphatic rings. The number of hydrogen-bond acceptors (Lipinski definition) is 4. The van der Waals surface area contributed by atoms with Crippen LogP contribution in [0.25, 0.3) is 5.69 Å². The lowest BCUT2D eigenvalue weighted by Gasteiger charge is -2.28. The lowest BCUT2D eigenvalue weighted by atomic mass is 9.96. The van der Waals surface area contributed by atoms with Crippen LogP contribution in [0.5, 0.6) is 17.2 Å². The van der Waals surface area contributed by atoms with Crippen molar-refractivity contribution in [2.45, 2.75) is 32.9 Å². The highest BCUT2D eigenvalue weighted by atomic mass is 32.1. The van der Waals surface area contributed by atoms with Crippen molar-refractivity contribution in [2.75, 3.05) is 12.0 Å². The quantitative estimate of drug-likeness (QED) is 0.205. The average molecular weight is 561 g/mol. The lowest BCUT2D eigenvalue weighted by molar-refractivity contribution is 0.413. The fourth-order valence-corrected chi connectivity index (χ4v) is 6.00. The Labute approximate surface area is 246 Å². The van der Waals surface area contributed by atoms with Crippen molar-refractivity contribution in [1.82, 2.24) is 14.9 Å². The monoisotopic (exact) mass is 560 g/mol. The molecule has 0 aliphatic carbocycles. The Bertz CT molecular complexity index is 1680. The van der Waals surface area contributed by atoms with Gasteiger partial charge in [0.1, 0.15) is 17.2 Å². The van der Waals surface area contributed by atoms with Crippen LogP contribution in [0.4, 0.5) is 5.69 Å². The van der Waals surface area contributed by atoms with E-state index in [4.69, 9.17) is 26.7 Å². The van der Waals surface area contributed by atoms with Crippen molar-refractivity contribution in [3.05, 3.63) is 131 Å². The van der Waals surface area contributed by atoms with E-state index in [0.29, 0.717) is 5.11 Å². The van der Waals surface area contributed by atoms with Gasteiger partial charge in [0.25, 0.3) is 0 Å². The Balaban J connectivity index is 1.39. The molecule has 0 unspecified atom stereocenters. The van der Waals surface area contributed by atoms with E-state index in [1.165, 1.54) is 22.5 Å². The van der Waals surface area contributed by atoms with Gasteiger partial charge < -0.3 is 24.3 Å². The zero-order valence-corrected chi connectivity index (χ0v) is 24.4. The van der Waals surface area contributed by atoms with E-state index in [-0.39, 0.29) is 12.1 Å². The Morgan fingerprint density at radius 3 is 2.15 bits per heavy atom. The molecule has 0 spiro atoms. The number of rotatable bonds is 7. The largest absolute Gasteiger partial charge is 0.497 e. The topological polar surface area (TPSA) is 51.6 Å². The van der Waals surface area contributed by atoms with Gasteiger partial charge >= 0.3 is 0 Å². The van der Waals surface area contributed by atoms with Gasteiger partial charge in [-0.2, -0.15) is 0 Å². The van der Waals surface area contributed by atoms with E-state index in [0.717, 1.165) is 34.3 Å². The third-order valence-corrected chi connectivity index (χ3v) is 7.87. The molecule has 3 heterocycles. The Hall–Kier alpha value is -4.62. The van der Waals surface area contributed by atoms with Crippen molar-refractivity contribution in [2.24, 2.45) is 0 Å². The number of hydrogen-bond donors (Lipinski definition) is 1. The molecule has 0 radical (unpaired) electrons. The third-order valence-electron chi connectivity index (χ3n) is 7.56. The first-order chi connectivity index (χ1) is 19.9. The van der Waals surface area contributed by atoms with E-state index in [9.17, 15) is 0 Å². The SMILES string of the molecule is COc1ccc(Oc2ccc(N3C(=S)N[C@@H](c4ccccn4)[C@H]3c3cc(C)n(-c4cccc(C)c4)c3C)cc2)cc1. The van der Waals surface area contributed by atoms with Gasteiger partial charge in [0, 0.05) is 29.0 Å². The number of nitrogens with zero attached hydrogens (tertiary/aromatic N) is 3. The molecule has 0 bridgehead atoms. The maximum absolute atomic E-state index is 6.09. The van der Waals surface area contributed by atoms with E-state index in [1.807, 2.05) is 54.7 Å². The highest BCUT2D eigenvalue weighted by molar-refractivity contribution is 7.80. The van der Waals surface area contributed by atoms with Gasteiger partial charge in [0.05, 0.1) is 24.9 Å². The highest BCUT2D eigenvalue weighted by Gasteiger charge is 2.42. The molecule has 6 rings (SSSR count). The van der Waals surface area contributed by atoms with Crippen LogP contribution >= 0.6 is 12.2 Å². The molecule has 0 amide bonds. The van der Waals surface area contributed by atoms with Crippen LogP contribution in [-0.2, 0) is 0 Å². The highest BCUT2D eigenvalue weighted by Crippen LogP contribution is 2.44. The van der Waals surface area contributed by atoms with Crippen molar-refractivity contribution in [1.29, 1.82) is 0 Å². The molecule has 1 aliphatic heterocycles. The van der Waals surface area contributed by atoms with Crippen LogP contribution in [0.15, 0.2) is 103 Å². The first kappa shape index (κ1) is 26.6. The standard InChI is InChI=1S/C34H32N4O2S/c1-22-8-7-9-26(20-22)37-23(2)21-30(24(37)3)33-32(31-10-5-6-19-35-31)36-34(41)38(33)25-11-13-28(14-12-25)40-29-17-15-27(39-4)16-18-29/h5-21,32-33H,1-4H3,(H,36,41)/t32-,33+/m0/s1. The van der Waals surface area contributed by atoms with Gasteiger partial charge in [-0.25, -0.2) is 0 Å². The van der Waals surface area contributed by atoms with Crippen LogP contribution < -0.4 is 19.7 Å². The van der Waals surface area contributed by atoms with E-state index in [2.05, 4.69) is 84.1 Å². The molecule has 7 heteroatoms. The van der Waals surface area contributed by atoms with Crippen LogP contribution in [-0.4, -0.2) is 21.8 Å². The number of methoxy groups -OCH3 is 1. The fraction of sp³-hybridized carbons (Fsp3) is 0.176. The second-order valence-electron chi connectivity index (χ2n) is 10.3. The summed E-state index contributed by atoms with van der Waals surface area (Å²) in [5.41, 5.74) is 7.85. The number of thiocarbonyl (C=S) groups is 1. The molecule has 5 aromatic rings. The lowest BCUT2D eigenvalue weighted by Crippen LogP contribution is -2.29. The summed E-state index contributed by atoms with van der Waals surface area (Å²) >= 11 is 5.97. The average Bonchev–Trinajstić information content (AvgIpc) is 3.49. The molecule has 41 heavy (non-hydrogen) atoms. The number of aromatic nitrogens is 2. The minimum atomic E-state index is -0.120. The van der Waals surface area contributed by atoms with Gasteiger partial charge in [0.15, 0.2) is 5.11 Å². The number of aryl methyl sites for hydroxylation is 2. The summed E-state index contributed by atoms with van der Waals surface area (Å²) in [6, 6.07) is 32.3. The van der Waals surface area contributed by atoms with Crippen molar-refractivity contribution in [3.8, 4) is 22.9 Å². The molecular formula is C34H32N4O2S. The van der Waals surface area contributed by atoms with Gasteiger partial charge in [-0.1, -0.05) is 18.2 Å². The van der Waals surface area contributed by atoms with Gasteiger partial charge in [0.2, 0.25) is 0 Å². The van der Waals surface area contributed by atoms with Crippen LogP contribution in [0.1, 0.15) is 40.3 Å². The van der Waals surface area contributed by atoms with Crippen LogP contribution in [0.2, 0.25) is 0 Å². The van der Waals surface area contributed by atoms with Gasteiger partial charge in [-0.05, 0) is 123 Å². The normalized spacial score (nSPS) is 16.5. The molecule has 6 nitrogen and oxygen atoms in total. The minimum absolute atomic E-state index is 0.101. The third kappa shape index (κ3) is 5.16.